The minimum absolute atomic E-state index is 0.115. The molecule has 5 nitrogen and oxygen atoms in total. The molecule has 0 N–H and O–H groups in total. The summed E-state index contributed by atoms with van der Waals surface area (Å²) in [6, 6.07) is 3.72. The zero-order valence-electron chi connectivity index (χ0n) is 15.5. The number of nitrogens with zero attached hydrogens (tertiary/aromatic N) is 2. The van der Waals surface area contributed by atoms with Gasteiger partial charge in [0.2, 0.25) is 5.89 Å². The molecule has 0 spiro atoms. The van der Waals surface area contributed by atoms with E-state index in [1.807, 2.05) is 20.8 Å². The topological polar surface area (TPSA) is 63.4 Å². The van der Waals surface area contributed by atoms with Gasteiger partial charge in [0, 0.05) is 11.5 Å². The van der Waals surface area contributed by atoms with Crippen molar-refractivity contribution in [3.05, 3.63) is 23.0 Å². The van der Waals surface area contributed by atoms with Crippen LogP contribution in [0.25, 0.3) is 11.1 Å². The summed E-state index contributed by atoms with van der Waals surface area (Å²) in [5, 5.41) is -0.168. The molecule has 26 heavy (non-hydrogen) atoms. The first-order chi connectivity index (χ1) is 12.2. The molecule has 2 aliphatic rings. The van der Waals surface area contributed by atoms with Gasteiger partial charge in [-0.15, -0.1) is 0 Å². The van der Waals surface area contributed by atoms with Crippen molar-refractivity contribution in [2.75, 3.05) is 13.1 Å². The summed E-state index contributed by atoms with van der Waals surface area (Å²) in [6.07, 6.45) is 3.78. The number of halogens is 1. The van der Waals surface area contributed by atoms with Gasteiger partial charge in [-0.25, -0.2) is 13.4 Å². The molecule has 0 bridgehead atoms. The third-order valence-corrected chi connectivity index (χ3v) is 8.22. The number of hydrogen-bond acceptors (Lipinski definition) is 5. The van der Waals surface area contributed by atoms with Crippen molar-refractivity contribution in [2.45, 2.75) is 68.1 Å². The molecule has 1 aromatic heterocycles. The Labute approximate surface area is 159 Å². The van der Waals surface area contributed by atoms with E-state index in [2.05, 4.69) is 9.88 Å². The first kappa shape index (κ1) is 18.3. The van der Waals surface area contributed by atoms with Gasteiger partial charge < -0.3 is 9.32 Å². The Morgan fingerprint density at radius 1 is 1.19 bits per heavy atom. The minimum Gasteiger partial charge on any atom is -0.439 e. The summed E-state index contributed by atoms with van der Waals surface area (Å²) in [7, 11) is -3.55. The molecule has 1 aliphatic carbocycles. The van der Waals surface area contributed by atoms with E-state index in [1.165, 1.54) is 12.8 Å². The average molecular weight is 397 g/mol. The predicted molar refractivity (Wildman–Crippen MR) is 103 cm³/mol. The highest BCUT2D eigenvalue weighted by Crippen LogP contribution is 2.41. The number of rotatable bonds is 3. The van der Waals surface area contributed by atoms with Crippen LogP contribution in [0.1, 0.15) is 52.3 Å². The van der Waals surface area contributed by atoms with Crippen molar-refractivity contribution < 1.29 is 12.8 Å². The molecule has 1 saturated heterocycles. The van der Waals surface area contributed by atoms with Crippen LogP contribution in [-0.4, -0.2) is 42.7 Å². The molecule has 2 heterocycles. The van der Waals surface area contributed by atoms with Crippen LogP contribution in [0.4, 0.5) is 0 Å². The summed E-state index contributed by atoms with van der Waals surface area (Å²) < 4.78 is 32.4. The van der Waals surface area contributed by atoms with Crippen molar-refractivity contribution in [3.63, 3.8) is 0 Å². The van der Waals surface area contributed by atoms with Gasteiger partial charge in [-0.1, -0.05) is 32.4 Å². The molecule has 0 radical (unpaired) electrons. The molecule has 2 fully saturated rings. The highest BCUT2D eigenvalue weighted by atomic mass is 35.5. The highest BCUT2D eigenvalue weighted by Gasteiger charge is 2.44. The van der Waals surface area contributed by atoms with Crippen molar-refractivity contribution in [1.82, 2.24) is 9.88 Å². The largest absolute Gasteiger partial charge is 0.439 e. The van der Waals surface area contributed by atoms with Crippen LogP contribution in [0.5, 0.6) is 0 Å². The summed E-state index contributed by atoms with van der Waals surface area (Å²) in [5.41, 5.74) is 0.546. The van der Waals surface area contributed by atoms with Crippen molar-refractivity contribution in [2.24, 2.45) is 0 Å². The number of oxazole rings is 1. The Hall–Kier alpha value is -1.11. The number of sulfone groups is 1. The summed E-state index contributed by atoms with van der Waals surface area (Å²) >= 11 is 6.32. The first-order valence-electron chi connectivity index (χ1n) is 9.25. The maximum atomic E-state index is 13.3. The quantitative estimate of drug-likeness (QED) is 0.778. The van der Waals surface area contributed by atoms with Gasteiger partial charge in [0.05, 0.1) is 10.3 Å². The zero-order chi connectivity index (χ0) is 18.7. The van der Waals surface area contributed by atoms with E-state index in [4.69, 9.17) is 16.0 Å². The van der Waals surface area contributed by atoms with Gasteiger partial charge >= 0.3 is 0 Å². The lowest BCUT2D eigenvalue weighted by Crippen LogP contribution is -2.48. The molecule has 7 heteroatoms. The van der Waals surface area contributed by atoms with Crippen LogP contribution in [-0.2, 0) is 15.3 Å². The lowest BCUT2D eigenvalue weighted by atomic mass is 9.91. The number of benzene rings is 1. The summed E-state index contributed by atoms with van der Waals surface area (Å²) in [4.78, 5) is 7.01. The molecule has 4 rings (SSSR count). The molecule has 142 valence electrons. The molecule has 0 atom stereocenters. The molecular formula is C19H25ClN2O3S. The second-order valence-corrected chi connectivity index (χ2v) is 11.1. The van der Waals surface area contributed by atoms with E-state index in [1.54, 1.807) is 12.1 Å². The monoisotopic (exact) mass is 396 g/mol. The van der Waals surface area contributed by atoms with Gasteiger partial charge in [-0.2, -0.15) is 0 Å². The molecule has 0 unspecified atom stereocenters. The fourth-order valence-corrected chi connectivity index (χ4v) is 6.39. The standard InChI is InChI=1S/C19H25ClN2O3S/c1-19(2,3)18-21-15-7-6-14(20)17(16(15)25-18)26(23,24)13-10-12(11-13)22-8-4-5-9-22/h6-7,12-13H,4-5,8-11H2,1-3H3/t12-,13-. The normalized spacial score (nSPS) is 24.9. The maximum Gasteiger partial charge on any atom is 0.200 e. The van der Waals surface area contributed by atoms with E-state index < -0.39 is 9.84 Å². The second-order valence-electron chi connectivity index (χ2n) is 8.53. The van der Waals surface area contributed by atoms with E-state index >= 15 is 0 Å². The predicted octanol–water partition coefficient (Wildman–Crippen LogP) is 4.18. The zero-order valence-corrected chi connectivity index (χ0v) is 17.0. The van der Waals surface area contributed by atoms with Gasteiger partial charge in [-0.05, 0) is 50.9 Å². The number of fused-ring (bicyclic) bond motifs is 1. The van der Waals surface area contributed by atoms with Crippen LogP contribution < -0.4 is 0 Å². The smallest absolute Gasteiger partial charge is 0.200 e. The van der Waals surface area contributed by atoms with E-state index in [0.29, 0.717) is 35.9 Å². The SMILES string of the molecule is CC(C)(C)c1nc2ccc(Cl)c(S(=O)(=O)[C@H]3C[C@H](N4CCCC4)C3)c2o1. The van der Waals surface area contributed by atoms with E-state index in [9.17, 15) is 8.42 Å². The Morgan fingerprint density at radius 3 is 2.46 bits per heavy atom. The Balaban J connectivity index is 1.69. The van der Waals surface area contributed by atoms with Gasteiger partial charge in [0.15, 0.2) is 15.4 Å². The molecule has 1 aromatic carbocycles. The van der Waals surface area contributed by atoms with E-state index in [-0.39, 0.29) is 20.6 Å². The molecule has 0 amide bonds. The molecule has 1 aliphatic heterocycles. The molecule has 2 aromatic rings. The van der Waals surface area contributed by atoms with E-state index in [0.717, 1.165) is 13.1 Å². The lowest BCUT2D eigenvalue weighted by molar-refractivity contribution is 0.161. The first-order valence-corrected chi connectivity index (χ1v) is 11.2. The van der Waals surface area contributed by atoms with Crippen molar-refractivity contribution >= 4 is 32.5 Å². The van der Waals surface area contributed by atoms with Crippen molar-refractivity contribution in [1.29, 1.82) is 0 Å². The Bertz CT molecular complexity index is 934. The third kappa shape index (κ3) is 2.96. The van der Waals surface area contributed by atoms with Crippen LogP contribution in [0.2, 0.25) is 5.02 Å². The van der Waals surface area contributed by atoms with Crippen LogP contribution in [0, 0.1) is 0 Å². The Morgan fingerprint density at radius 2 is 1.85 bits per heavy atom. The van der Waals surface area contributed by atoms with Gasteiger partial charge in [0.1, 0.15) is 10.4 Å². The van der Waals surface area contributed by atoms with Gasteiger partial charge in [-0.3, -0.25) is 0 Å². The fourth-order valence-electron chi connectivity index (χ4n) is 3.89. The lowest BCUT2D eigenvalue weighted by Gasteiger charge is -2.40. The number of hydrogen-bond donors (Lipinski definition) is 0. The second kappa shape index (κ2) is 6.21. The van der Waals surface area contributed by atoms with Crippen molar-refractivity contribution in [3.8, 4) is 0 Å². The number of likely N-dealkylation sites (tertiary alicyclic amines) is 1. The number of aromatic nitrogens is 1. The van der Waals surface area contributed by atoms with Crippen LogP contribution in [0.15, 0.2) is 21.4 Å². The highest BCUT2D eigenvalue weighted by molar-refractivity contribution is 7.92. The molecular weight excluding hydrogens is 372 g/mol. The average Bonchev–Trinajstić information content (AvgIpc) is 3.13. The Kier molecular flexibility index (Phi) is 4.36. The van der Waals surface area contributed by atoms with Gasteiger partial charge in [0.25, 0.3) is 0 Å². The van der Waals surface area contributed by atoms with Crippen LogP contribution >= 0.6 is 11.6 Å². The maximum absolute atomic E-state index is 13.3. The summed E-state index contributed by atoms with van der Waals surface area (Å²) in [6.45, 7) is 8.13. The minimum atomic E-state index is -3.55. The molecule has 1 saturated carbocycles. The van der Waals surface area contributed by atoms with Crippen LogP contribution in [0.3, 0.4) is 0 Å². The fraction of sp³-hybridized carbons (Fsp3) is 0.632. The summed E-state index contributed by atoms with van der Waals surface area (Å²) in [5.74, 6) is 0.523. The third-order valence-electron chi connectivity index (χ3n) is 5.56.